The van der Waals surface area contributed by atoms with Gasteiger partial charge in [-0.25, -0.2) is 0 Å². The lowest BCUT2D eigenvalue weighted by molar-refractivity contribution is 0.584. The Labute approximate surface area is 109 Å². The predicted octanol–water partition coefficient (Wildman–Crippen LogP) is 2.66. The van der Waals surface area contributed by atoms with E-state index in [1.807, 2.05) is 6.20 Å². The Kier molecular flexibility index (Phi) is 3.51. The first kappa shape index (κ1) is 12.2. The van der Waals surface area contributed by atoms with Crippen molar-refractivity contribution < 1.29 is 0 Å². The minimum Gasteiger partial charge on any atom is -0.359 e. The molecule has 0 radical (unpaired) electrons. The second kappa shape index (κ2) is 4.91. The quantitative estimate of drug-likeness (QED) is 0.794. The average Bonchev–Trinajstić information content (AvgIpc) is 2.70. The summed E-state index contributed by atoms with van der Waals surface area (Å²) in [6, 6.07) is -0.0967. The molecule has 3 N–H and O–H groups in total. The molecule has 1 atom stereocenters. The maximum Gasteiger partial charge on any atom is 0.0691 e. The number of H-pyrrole nitrogens is 1. The molecular weight excluding hydrogens is 278 g/mol. The van der Waals surface area contributed by atoms with Gasteiger partial charge in [-0.15, -0.1) is 0 Å². The number of hydrogen-bond acceptors (Lipinski definition) is 2. The molecule has 4 heteroatoms. The van der Waals surface area contributed by atoms with Gasteiger partial charge in [-0.1, -0.05) is 25.7 Å². The molecule has 0 bridgehead atoms. The highest BCUT2D eigenvalue weighted by Crippen LogP contribution is 2.25. The SMILES string of the molecule is CC(C)C(N)C#Cc1c[nH]c2cncc(Br)c12. The Bertz CT molecular complexity index is 589. The van der Waals surface area contributed by atoms with Crippen LogP contribution in [0.1, 0.15) is 19.4 Å². The monoisotopic (exact) mass is 291 g/mol. The molecule has 0 spiro atoms. The van der Waals surface area contributed by atoms with Crippen molar-refractivity contribution in [3.05, 3.63) is 28.6 Å². The molecule has 0 aliphatic carbocycles. The highest BCUT2D eigenvalue weighted by Gasteiger charge is 2.06. The van der Waals surface area contributed by atoms with Gasteiger partial charge >= 0.3 is 0 Å². The third-order valence-corrected chi connectivity index (χ3v) is 3.23. The predicted molar refractivity (Wildman–Crippen MR) is 73.5 cm³/mol. The van der Waals surface area contributed by atoms with Gasteiger partial charge in [0.2, 0.25) is 0 Å². The van der Waals surface area contributed by atoms with Crippen molar-refractivity contribution in [3.63, 3.8) is 0 Å². The van der Waals surface area contributed by atoms with Crippen molar-refractivity contribution in [2.45, 2.75) is 19.9 Å². The largest absolute Gasteiger partial charge is 0.359 e. The fourth-order valence-electron chi connectivity index (χ4n) is 1.47. The summed E-state index contributed by atoms with van der Waals surface area (Å²) in [4.78, 5) is 7.24. The highest BCUT2D eigenvalue weighted by molar-refractivity contribution is 9.10. The standard InChI is InChI=1S/C13H14BrN3/c1-8(2)11(15)4-3-9-5-17-12-7-16-6-10(14)13(9)12/h5-8,11,17H,15H2,1-2H3. The Morgan fingerprint density at radius 3 is 2.88 bits per heavy atom. The molecule has 0 saturated carbocycles. The number of fused-ring (bicyclic) bond motifs is 1. The summed E-state index contributed by atoms with van der Waals surface area (Å²) in [5.74, 6) is 6.55. The first-order valence-corrected chi connectivity index (χ1v) is 6.26. The van der Waals surface area contributed by atoms with E-state index in [9.17, 15) is 0 Å². The number of rotatable bonds is 1. The number of nitrogens with one attached hydrogen (secondary N) is 1. The van der Waals surface area contributed by atoms with Crippen molar-refractivity contribution in [3.8, 4) is 11.8 Å². The molecule has 2 rings (SSSR count). The Morgan fingerprint density at radius 2 is 2.18 bits per heavy atom. The third-order valence-electron chi connectivity index (χ3n) is 2.63. The van der Waals surface area contributed by atoms with Crippen molar-refractivity contribution in [1.29, 1.82) is 0 Å². The smallest absolute Gasteiger partial charge is 0.0691 e. The van der Waals surface area contributed by atoms with Crippen LogP contribution in [0.4, 0.5) is 0 Å². The number of aromatic nitrogens is 2. The molecule has 3 nitrogen and oxygen atoms in total. The molecule has 0 fully saturated rings. The molecule has 17 heavy (non-hydrogen) atoms. The Balaban J connectivity index is 2.43. The minimum atomic E-state index is -0.0967. The van der Waals surface area contributed by atoms with E-state index in [0.29, 0.717) is 5.92 Å². The molecule has 0 amide bonds. The zero-order valence-corrected chi connectivity index (χ0v) is 11.4. The maximum atomic E-state index is 5.91. The van der Waals surface area contributed by atoms with Gasteiger partial charge in [0.25, 0.3) is 0 Å². The molecule has 0 saturated heterocycles. The van der Waals surface area contributed by atoms with Gasteiger partial charge in [0.15, 0.2) is 0 Å². The van der Waals surface area contributed by atoms with Crippen LogP contribution in [0.2, 0.25) is 0 Å². The lowest BCUT2D eigenvalue weighted by Gasteiger charge is -2.06. The molecule has 0 aliphatic rings. The lowest BCUT2D eigenvalue weighted by atomic mass is 10.1. The van der Waals surface area contributed by atoms with E-state index in [2.05, 4.69) is 51.6 Å². The summed E-state index contributed by atoms with van der Waals surface area (Å²) in [6.07, 6.45) is 5.44. The van der Waals surface area contributed by atoms with Crippen molar-refractivity contribution >= 4 is 26.8 Å². The fraction of sp³-hybridized carbons (Fsp3) is 0.308. The molecule has 0 aromatic carbocycles. The van der Waals surface area contributed by atoms with Gasteiger partial charge < -0.3 is 10.7 Å². The second-order valence-corrected chi connectivity index (χ2v) is 5.14. The number of hydrogen-bond donors (Lipinski definition) is 2. The van der Waals surface area contributed by atoms with Gasteiger partial charge in [0.1, 0.15) is 0 Å². The topological polar surface area (TPSA) is 54.7 Å². The first-order chi connectivity index (χ1) is 8.09. The molecule has 0 aliphatic heterocycles. The number of halogens is 1. The van der Waals surface area contributed by atoms with Gasteiger partial charge in [-0.3, -0.25) is 4.98 Å². The Morgan fingerprint density at radius 1 is 1.41 bits per heavy atom. The van der Waals surface area contributed by atoms with Crippen LogP contribution >= 0.6 is 15.9 Å². The summed E-state index contributed by atoms with van der Waals surface area (Å²) in [5, 5.41) is 1.06. The van der Waals surface area contributed by atoms with E-state index in [1.54, 1.807) is 12.4 Å². The van der Waals surface area contributed by atoms with E-state index in [0.717, 1.165) is 20.9 Å². The fourth-order valence-corrected chi connectivity index (χ4v) is 2.01. The van der Waals surface area contributed by atoms with Crippen LogP contribution in [0, 0.1) is 17.8 Å². The summed E-state index contributed by atoms with van der Waals surface area (Å²) < 4.78 is 0.943. The Hall–Kier alpha value is -1.31. The molecule has 2 aromatic rings. The molecule has 88 valence electrons. The molecule has 2 heterocycles. The van der Waals surface area contributed by atoms with Crippen LogP contribution in [0.5, 0.6) is 0 Å². The van der Waals surface area contributed by atoms with Crippen LogP contribution in [0.25, 0.3) is 10.9 Å². The van der Waals surface area contributed by atoms with E-state index in [1.165, 1.54) is 0 Å². The zero-order chi connectivity index (χ0) is 12.4. The van der Waals surface area contributed by atoms with E-state index >= 15 is 0 Å². The summed E-state index contributed by atoms with van der Waals surface area (Å²) in [5.41, 5.74) is 7.83. The zero-order valence-electron chi connectivity index (χ0n) is 9.79. The molecular formula is C13H14BrN3. The number of nitrogens with two attached hydrogens (primary N) is 1. The number of aromatic amines is 1. The van der Waals surface area contributed by atoms with E-state index < -0.39 is 0 Å². The van der Waals surface area contributed by atoms with E-state index in [4.69, 9.17) is 5.73 Å². The summed E-state index contributed by atoms with van der Waals surface area (Å²) in [6.45, 7) is 4.13. The molecule has 2 aromatic heterocycles. The number of pyridine rings is 1. The van der Waals surface area contributed by atoms with Crippen molar-refractivity contribution in [2.75, 3.05) is 0 Å². The maximum absolute atomic E-state index is 5.91. The average molecular weight is 292 g/mol. The van der Waals surface area contributed by atoms with Crippen molar-refractivity contribution in [2.24, 2.45) is 11.7 Å². The minimum absolute atomic E-state index is 0.0967. The van der Waals surface area contributed by atoms with Gasteiger partial charge in [-0.2, -0.15) is 0 Å². The van der Waals surface area contributed by atoms with Gasteiger partial charge in [0.05, 0.1) is 23.3 Å². The van der Waals surface area contributed by atoms with Gasteiger partial charge in [0, 0.05) is 22.3 Å². The highest BCUT2D eigenvalue weighted by atomic mass is 79.9. The summed E-state index contributed by atoms with van der Waals surface area (Å²) in [7, 11) is 0. The van der Waals surface area contributed by atoms with Crippen LogP contribution < -0.4 is 5.73 Å². The first-order valence-electron chi connectivity index (χ1n) is 5.47. The second-order valence-electron chi connectivity index (χ2n) is 4.29. The number of nitrogens with zero attached hydrogens (tertiary/aromatic N) is 1. The van der Waals surface area contributed by atoms with Crippen LogP contribution in [0.3, 0.4) is 0 Å². The van der Waals surface area contributed by atoms with Crippen LogP contribution in [-0.2, 0) is 0 Å². The van der Waals surface area contributed by atoms with Crippen molar-refractivity contribution in [1.82, 2.24) is 9.97 Å². The third kappa shape index (κ3) is 2.51. The summed E-state index contributed by atoms with van der Waals surface area (Å²) >= 11 is 3.48. The molecule has 1 unspecified atom stereocenters. The lowest BCUT2D eigenvalue weighted by Crippen LogP contribution is -2.23. The van der Waals surface area contributed by atoms with E-state index in [-0.39, 0.29) is 6.04 Å². The van der Waals surface area contributed by atoms with Gasteiger partial charge in [-0.05, 0) is 21.8 Å². The van der Waals surface area contributed by atoms with Crippen LogP contribution in [0.15, 0.2) is 23.1 Å². The van der Waals surface area contributed by atoms with Crippen LogP contribution in [-0.4, -0.2) is 16.0 Å². The normalized spacial score (nSPS) is 12.5.